The number of fused-ring (bicyclic) bond motifs is 1. The number of benzene rings is 1. The molecule has 21 heavy (non-hydrogen) atoms. The summed E-state index contributed by atoms with van der Waals surface area (Å²) >= 11 is 0. The lowest BCUT2D eigenvalue weighted by molar-refractivity contribution is 0.0741. The highest BCUT2D eigenvalue weighted by Crippen LogP contribution is 2.25. The third-order valence-corrected chi connectivity index (χ3v) is 4.38. The van der Waals surface area contributed by atoms with Gasteiger partial charge in [-0.3, -0.25) is 0 Å². The summed E-state index contributed by atoms with van der Waals surface area (Å²) in [6.45, 7) is 1.53. The maximum Gasteiger partial charge on any atom is 0.131 e. The van der Waals surface area contributed by atoms with E-state index >= 15 is 0 Å². The lowest BCUT2D eigenvalue weighted by Crippen LogP contribution is -2.13. The second-order valence-corrected chi connectivity index (χ2v) is 5.96. The smallest absolute Gasteiger partial charge is 0.131 e. The topological polar surface area (TPSA) is 34.2 Å². The van der Waals surface area contributed by atoms with Crippen LogP contribution >= 0.6 is 0 Å². The van der Waals surface area contributed by atoms with E-state index in [0.29, 0.717) is 6.61 Å². The molecule has 0 bridgehead atoms. The van der Waals surface area contributed by atoms with Gasteiger partial charge < -0.3 is 10.1 Å². The maximum absolute atomic E-state index is 5.97. The molecule has 3 rings (SSSR count). The van der Waals surface area contributed by atoms with Crippen LogP contribution in [-0.4, -0.2) is 18.6 Å². The van der Waals surface area contributed by atoms with Crippen LogP contribution in [0.1, 0.15) is 37.7 Å². The van der Waals surface area contributed by atoms with E-state index in [1.165, 1.54) is 37.5 Å². The van der Waals surface area contributed by atoms with Crippen LogP contribution in [0.4, 0.5) is 5.82 Å². The third kappa shape index (κ3) is 3.53. The Kier molecular flexibility index (Phi) is 4.71. The lowest BCUT2D eigenvalue weighted by Gasteiger charge is -2.21. The average Bonchev–Trinajstić information content (AvgIpc) is 2.55. The molecule has 0 aliphatic heterocycles. The fourth-order valence-corrected chi connectivity index (χ4v) is 3.18. The summed E-state index contributed by atoms with van der Waals surface area (Å²) in [7, 11) is 1.92. The predicted octanol–water partition coefficient (Wildman–Crippen LogP) is 4.37. The Morgan fingerprint density at radius 1 is 1.19 bits per heavy atom. The first kappa shape index (κ1) is 14.3. The van der Waals surface area contributed by atoms with Crippen LogP contribution in [0.5, 0.6) is 0 Å². The Hall–Kier alpha value is -1.61. The van der Waals surface area contributed by atoms with E-state index in [0.717, 1.165) is 29.4 Å². The maximum atomic E-state index is 5.97. The highest BCUT2D eigenvalue weighted by molar-refractivity contribution is 5.81. The van der Waals surface area contributed by atoms with E-state index in [-0.39, 0.29) is 0 Å². The minimum Gasteiger partial charge on any atom is -0.376 e. The number of anilines is 1. The first-order chi connectivity index (χ1) is 10.4. The summed E-state index contributed by atoms with van der Waals surface area (Å²) in [6.07, 6.45) is 6.79. The molecule has 1 N–H and O–H groups in total. The number of hydrogen-bond acceptors (Lipinski definition) is 3. The molecule has 1 saturated carbocycles. The van der Waals surface area contributed by atoms with Crippen molar-refractivity contribution in [1.82, 2.24) is 4.98 Å². The first-order valence-corrected chi connectivity index (χ1v) is 8.01. The number of nitrogens with zero attached hydrogens (tertiary/aromatic N) is 1. The number of hydrogen-bond donors (Lipinski definition) is 1. The van der Waals surface area contributed by atoms with Crippen molar-refractivity contribution in [1.29, 1.82) is 0 Å². The molecule has 0 amide bonds. The van der Waals surface area contributed by atoms with Gasteiger partial charge in [0.25, 0.3) is 0 Å². The Labute approximate surface area is 126 Å². The van der Waals surface area contributed by atoms with E-state index in [2.05, 4.69) is 28.5 Å². The number of rotatable bonds is 5. The minimum atomic E-state index is 0.643. The zero-order valence-electron chi connectivity index (χ0n) is 12.8. The number of aromatic nitrogens is 1. The monoisotopic (exact) mass is 284 g/mol. The molecule has 0 spiro atoms. The first-order valence-electron chi connectivity index (χ1n) is 8.01. The summed E-state index contributed by atoms with van der Waals surface area (Å²) in [5, 5.41) is 4.36. The van der Waals surface area contributed by atoms with Crippen molar-refractivity contribution in [2.45, 2.75) is 38.7 Å². The van der Waals surface area contributed by atoms with Crippen LogP contribution in [0.15, 0.2) is 30.3 Å². The van der Waals surface area contributed by atoms with Crippen molar-refractivity contribution in [3.05, 3.63) is 35.9 Å². The van der Waals surface area contributed by atoms with Crippen molar-refractivity contribution in [2.75, 3.05) is 19.0 Å². The summed E-state index contributed by atoms with van der Waals surface area (Å²) in [5.74, 6) is 1.68. The normalized spacial score (nSPS) is 16.2. The molecule has 1 aromatic heterocycles. The molecule has 1 fully saturated rings. The van der Waals surface area contributed by atoms with Crippen molar-refractivity contribution in [2.24, 2.45) is 5.92 Å². The molecule has 0 unspecified atom stereocenters. The van der Waals surface area contributed by atoms with Gasteiger partial charge in [-0.2, -0.15) is 0 Å². The van der Waals surface area contributed by atoms with Gasteiger partial charge in [-0.25, -0.2) is 4.98 Å². The number of nitrogens with one attached hydrogen (secondary N) is 1. The summed E-state index contributed by atoms with van der Waals surface area (Å²) in [4.78, 5) is 4.67. The van der Waals surface area contributed by atoms with E-state index in [4.69, 9.17) is 4.74 Å². The molecule has 1 heterocycles. The second kappa shape index (κ2) is 6.90. The van der Waals surface area contributed by atoms with Gasteiger partial charge in [0, 0.05) is 24.6 Å². The molecule has 1 aliphatic carbocycles. The van der Waals surface area contributed by atoms with Gasteiger partial charge in [0.1, 0.15) is 5.82 Å². The van der Waals surface area contributed by atoms with Crippen LogP contribution in [0.25, 0.3) is 10.9 Å². The van der Waals surface area contributed by atoms with Crippen molar-refractivity contribution in [3.63, 3.8) is 0 Å². The zero-order chi connectivity index (χ0) is 14.5. The molecule has 0 saturated heterocycles. The summed E-state index contributed by atoms with van der Waals surface area (Å²) in [5.41, 5.74) is 2.17. The average molecular weight is 284 g/mol. The van der Waals surface area contributed by atoms with Crippen LogP contribution < -0.4 is 5.32 Å². The zero-order valence-corrected chi connectivity index (χ0v) is 12.8. The van der Waals surface area contributed by atoms with Crippen LogP contribution in [0, 0.1) is 5.92 Å². The third-order valence-electron chi connectivity index (χ3n) is 4.38. The number of ether oxygens (including phenoxy) is 1. The van der Waals surface area contributed by atoms with Crippen molar-refractivity contribution >= 4 is 16.7 Å². The highest BCUT2D eigenvalue weighted by atomic mass is 16.5. The standard InChI is InChI=1S/C18H24N2O/c1-19-18-16(11-15-9-5-6-10-17(15)20-18)13-21-12-14-7-3-2-4-8-14/h5-6,9-11,14H,2-4,7-8,12-13H2,1H3,(H,19,20). The summed E-state index contributed by atoms with van der Waals surface area (Å²) < 4.78 is 5.97. The summed E-state index contributed by atoms with van der Waals surface area (Å²) in [6, 6.07) is 10.4. The quantitative estimate of drug-likeness (QED) is 0.885. The van der Waals surface area contributed by atoms with Crippen LogP contribution in [0.3, 0.4) is 0 Å². The molecule has 3 nitrogen and oxygen atoms in total. The lowest BCUT2D eigenvalue weighted by atomic mass is 9.90. The molecule has 2 aromatic rings. The highest BCUT2D eigenvalue weighted by Gasteiger charge is 2.14. The molecule has 1 aromatic carbocycles. The Morgan fingerprint density at radius 3 is 2.81 bits per heavy atom. The number of para-hydroxylation sites is 1. The minimum absolute atomic E-state index is 0.643. The van der Waals surface area contributed by atoms with Gasteiger partial charge in [0.05, 0.1) is 12.1 Å². The Morgan fingerprint density at radius 2 is 2.00 bits per heavy atom. The van der Waals surface area contributed by atoms with Crippen molar-refractivity contribution < 1.29 is 4.74 Å². The fourth-order valence-electron chi connectivity index (χ4n) is 3.18. The van der Waals surface area contributed by atoms with Gasteiger partial charge in [0.15, 0.2) is 0 Å². The molecule has 3 heteroatoms. The van der Waals surface area contributed by atoms with E-state index in [1.807, 2.05) is 19.2 Å². The van der Waals surface area contributed by atoms with E-state index in [9.17, 15) is 0 Å². The second-order valence-electron chi connectivity index (χ2n) is 5.96. The van der Waals surface area contributed by atoms with Gasteiger partial charge in [-0.1, -0.05) is 37.5 Å². The van der Waals surface area contributed by atoms with Crippen LogP contribution in [-0.2, 0) is 11.3 Å². The molecule has 0 atom stereocenters. The number of pyridine rings is 1. The Balaban J connectivity index is 1.67. The molecule has 0 radical (unpaired) electrons. The van der Waals surface area contributed by atoms with Crippen molar-refractivity contribution in [3.8, 4) is 0 Å². The molecular formula is C18H24N2O. The molecular weight excluding hydrogens is 260 g/mol. The van der Waals surface area contributed by atoms with Gasteiger partial charge in [-0.15, -0.1) is 0 Å². The fraction of sp³-hybridized carbons (Fsp3) is 0.500. The van der Waals surface area contributed by atoms with Gasteiger partial charge >= 0.3 is 0 Å². The molecule has 1 aliphatic rings. The van der Waals surface area contributed by atoms with Gasteiger partial charge in [0.2, 0.25) is 0 Å². The Bertz CT molecular complexity index is 591. The van der Waals surface area contributed by atoms with Gasteiger partial charge in [-0.05, 0) is 30.9 Å². The van der Waals surface area contributed by atoms with Crippen LogP contribution in [0.2, 0.25) is 0 Å². The molecule has 112 valence electrons. The van der Waals surface area contributed by atoms with E-state index in [1.54, 1.807) is 0 Å². The SMILES string of the molecule is CNc1nc2ccccc2cc1COCC1CCCCC1. The van der Waals surface area contributed by atoms with E-state index < -0.39 is 0 Å². The largest absolute Gasteiger partial charge is 0.376 e. The predicted molar refractivity (Wildman–Crippen MR) is 87.5 cm³/mol.